The molecular formula is C15H14N4O3S2. The largest absolute Gasteiger partial charge is 0.337 e. The van der Waals surface area contributed by atoms with Crippen molar-refractivity contribution in [3.8, 4) is 6.07 Å². The Morgan fingerprint density at radius 2 is 2.29 bits per heavy atom. The summed E-state index contributed by atoms with van der Waals surface area (Å²) >= 11 is 1.32. The summed E-state index contributed by atoms with van der Waals surface area (Å²) in [7, 11) is -3.82. The highest BCUT2D eigenvalue weighted by atomic mass is 32.2. The van der Waals surface area contributed by atoms with Crippen molar-refractivity contribution in [1.29, 1.82) is 5.26 Å². The summed E-state index contributed by atoms with van der Waals surface area (Å²) in [5, 5.41) is 10.6. The Morgan fingerprint density at radius 1 is 1.46 bits per heavy atom. The van der Waals surface area contributed by atoms with Crippen LogP contribution in [0.15, 0.2) is 40.9 Å². The molecule has 1 saturated heterocycles. The Hall–Kier alpha value is -2.28. The van der Waals surface area contributed by atoms with Gasteiger partial charge in [0.1, 0.15) is 17.0 Å². The van der Waals surface area contributed by atoms with Gasteiger partial charge in [-0.05, 0) is 35.6 Å². The first kappa shape index (κ1) is 16.6. The standard InChI is InChI=1S/C15H14N4O3S2/c16-8-12-7-11(10-23-12)9-19-6-4-13(15(19)20)18-24(21,22)14-3-1-2-5-17-14/h1-3,5,7,10,13,18H,4,6,9H2/t13-/m0/s1. The lowest BCUT2D eigenvalue weighted by Gasteiger charge is -2.16. The van der Waals surface area contributed by atoms with Crippen molar-refractivity contribution in [3.63, 3.8) is 0 Å². The van der Waals surface area contributed by atoms with E-state index in [2.05, 4.69) is 15.8 Å². The lowest BCUT2D eigenvalue weighted by Crippen LogP contribution is -2.41. The summed E-state index contributed by atoms with van der Waals surface area (Å²) in [4.78, 5) is 18.4. The first-order chi connectivity index (χ1) is 11.5. The third kappa shape index (κ3) is 3.46. The number of carbonyl (C=O) groups excluding carboxylic acids is 1. The smallest absolute Gasteiger partial charge is 0.258 e. The van der Waals surface area contributed by atoms with Crippen LogP contribution in [0.2, 0.25) is 0 Å². The van der Waals surface area contributed by atoms with Crippen LogP contribution in [0.25, 0.3) is 0 Å². The molecule has 9 heteroatoms. The Morgan fingerprint density at radius 3 is 2.96 bits per heavy atom. The van der Waals surface area contributed by atoms with Crippen molar-refractivity contribution in [3.05, 3.63) is 46.3 Å². The average Bonchev–Trinajstić information content (AvgIpc) is 3.17. The highest BCUT2D eigenvalue weighted by Gasteiger charge is 2.35. The molecule has 0 aliphatic carbocycles. The fraction of sp³-hybridized carbons (Fsp3) is 0.267. The molecule has 1 aliphatic rings. The minimum atomic E-state index is -3.82. The first-order valence-electron chi connectivity index (χ1n) is 7.19. The van der Waals surface area contributed by atoms with Gasteiger partial charge in [-0.3, -0.25) is 4.79 Å². The summed E-state index contributed by atoms with van der Waals surface area (Å²) in [5.41, 5.74) is 0.873. The SMILES string of the molecule is N#Cc1cc(CN2CC[C@H](NS(=O)(=O)c3ccccn3)C2=O)cs1. The lowest BCUT2D eigenvalue weighted by atomic mass is 10.3. The molecule has 7 nitrogen and oxygen atoms in total. The maximum Gasteiger partial charge on any atom is 0.258 e. The third-order valence-electron chi connectivity index (χ3n) is 3.65. The van der Waals surface area contributed by atoms with Gasteiger partial charge in [0.2, 0.25) is 5.91 Å². The van der Waals surface area contributed by atoms with Crippen LogP contribution in [-0.2, 0) is 21.4 Å². The van der Waals surface area contributed by atoms with Gasteiger partial charge in [0.25, 0.3) is 10.0 Å². The van der Waals surface area contributed by atoms with Gasteiger partial charge >= 0.3 is 0 Å². The van der Waals surface area contributed by atoms with Crippen LogP contribution in [0.4, 0.5) is 0 Å². The van der Waals surface area contributed by atoms with Gasteiger partial charge in [0.05, 0.1) is 0 Å². The molecule has 24 heavy (non-hydrogen) atoms. The second-order valence-electron chi connectivity index (χ2n) is 5.32. The molecule has 1 atom stereocenters. The van der Waals surface area contributed by atoms with E-state index in [-0.39, 0.29) is 10.9 Å². The number of rotatable bonds is 5. The van der Waals surface area contributed by atoms with Crippen LogP contribution in [0.1, 0.15) is 16.9 Å². The van der Waals surface area contributed by atoms with E-state index in [9.17, 15) is 13.2 Å². The Labute approximate surface area is 143 Å². The number of pyridine rings is 1. The van der Waals surface area contributed by atoms with Gasteiger partial charge in [-0.15, -0.1) is 11.3 Å². The highest BCUT2D eigenvalue weighted by Crippen LogP contribution is 2.20. The van der Waals surface area contributed by atoms with Crippen LogP contribution < -0.4 is 4.72 Å². The second-order valence-corrected chi connectivity index (χ2v) is 7.89. The molecule has 1 amide bonds. The summed E-state index contributed by atoms with van der Waals surface area (Å²) in [5.74, 6) is -0.265. The Kier molecular flexibility index (Phi) is 4.62. The predicted molar refractivity (Wildman–Crippen MR) is 87.4 cm³/mol. The fourth-order valence-corrected chi connectivity index (χ4v) is 4.36. The zero-order valence-electron chi connectivity index (χ0n) is 12.5. The molecule has 124 valence electrons. The van der Waals surface area contributed by atoms with Crippen molar-refractivity contribution >= 4 is 27.3 Å². The number of sulfonamides is 1. The monoisotopic (exact) mass is 362 g/mol. The average molecular weight is 362 g/mol. The molecule has 0 saturated carbocycles. The summed E-state index contributed by atoms with van der Waals surface area (Å²) in [6, 6.07) is 7.59. The molecule has 0 aromatic carbocycles. The zero-order chi connectivity index (χ0) is 17.2. The van der Waals surface area contributed by atoms with E-state index < -0.39 is 16.1 Å². The van der Waals surface area contributed by atoms with E-state index in [1.54, 1.807) is 23.1 Å². The number of amides is 1. The Balaban J connectivity index is 1.67. The zero-order valence-corrected chi connectivity index (χ0v) is 14.2. The van der Waals surface area contributed by atoms with E-state index in [0.29, 0.717) is 24.4 Å². The molecule has 3 rings (SSSR count). The number of hydrogen-bond acceptors (Lipinski definition) is 6. The normalized spacial score (nSPS) is 17.9. The van der Waals surface area contributed by atoms with E-state index in [4.69, 9.17) is 5.26 Å². The van der Waals surface area contributed by atoms with Crippen molar-refractivity contribution in [2.45, 2.75) is 24.0 Å². The number of nitrogens with zero attached hydrogens (tertiary/aromatic N) is 3. The third-order valence-corrected chi connectivity index (χ3v) is 5.92. The van der Waals surface area contributed by atoms with E-state index in [0.717, 1.165) is 5.56 Å². The minimum absolute atomic E-state index is 0.104. The number of hydrogen-bond donors (Lipinski definition) is 1. The van der Waals surface area contributed by atoms with Gasteiger partial charge in [-0.25, -0.2) is 13.4 Å². The van der Waals surface area contributed by atoms with E-state index in [1.807, 2.05) is 5.38 Å². The van der Waals surface area contributed by atoms with Gasteiger partial charge in [0.15, 0.2) is 5.03 Å². The van der Waals surface area contributed by atoms with Crippen molar-refractivity contribution in [2.75, 3.05) is 6.54 Å². The fourth-order valence-electron chi connectivity index (χ4n) is 2.50. The molecular weight excluding hydrogens is 348 g/mol. The van der Waals surface area contributed by atoms with E-state index in [1.165, 1.54) is 23.6 Å². The van der Waals surface area contributed by atoms with Crippen LogP contribution >= 0.6 is 11.3 Å². The lowest BCUT2D eigenvalue weighted by molar-refractivity contribution is -0.129. The number of thiophene rings is 1. The van der Waals surface area contributed by atoms with Crippen LogP contribution in [0, 0.1) is 11.3 Å². The molecule has 0 unspecified atom stereocenters. The summed E-state index contributed by atoms with van der Waals surface area (Å²) in [6.45, 7) is 0.838. The first-order valence-corrected chi connectivity index (χ1v) is 9.55. The van der Waals surface area contributed by atoms with Gasteiger partial charge in [-0.1, -0.05) is 6.07 Å². The van der Waals surface area contributed by atoms with Crippen LogP contribution in [0.3, 0.4) is 0 Å². The summed E-state index contributed by atoms with van der Waals surface area (Å²) < 4.78 is 26.9. The quantitative estimate of drug-likeness (QED) is 0.858. The van der Waals surface area contributed by atoms with Crippen LogP contribution in [0.5, 0.6) is 0 Å². The highest BCUT2D eigenvalue weighted by molar-refractivity contribution is 7.89. The van der Waals surface area contributed by atoms with E-state index >= 15 is 0 Å². The molecule has 0 spiro atoms. The molecule has 1 aliphatic heterocycles. The Bertz CT molecular complexity index is 887. The molecule has 3 heterocycles. The number of aromatic nitrogens is 1. The van der Waals surface area contributed by atoms with Crippen LogP contribution in [-0.4, -0.2) is 36.8 Å². The van der Waals surface area contributed by atoms with Crippen molar-refractivity contribution in [1.82, 2.24) is 14.6 Å². The molecule has 2 aromatic rings. The molecule has 0 radical (unpaired) electrons. The molecule has 2 aromatic heterocycles. The minimum Gasteiger partial charge on any atom is -0.337 e. The van der Waals surface area contributed by atoms with Gasteiger partial charge < -0.3 is 4.90 Å². The molecule has 0 bridgehead atoms. The van der Waals surface area contributed by atoms with Gasteiger partial charge in [-0.2, -0.15) is 9.98 Å². The van der Waals surface area contributed by atoms with Crippen molar-refractivity contribution in [2.24, 2.45) is 0 Å². The predicted octanol–water partition coefficient (Wildman–Crippen LogP) is 1.09. The van der Waals surface area contributed by atoms with Crippen molar-refractivity contribution < 1.29 is 13.2 Å². The number of likely N-dealkylation sites (tertiary alicyclic amines) is 1. The molecule has 1 fully saturated rings. The maximum absolute atomic E-state index is 12.4. The molecule has 1 N–H and O–H groups in total. The number of nitrogens with one attached hydrogen (secondary N) is 1. The second kappa shape index (κ2) is 6.68. The number of carbonyl (C=O) groups is 1. The number of nitriles is 1. The maximum atomic E-state index is 12.4. The topological polar surface area (TPSA) is 103 Å². The van der Waals surface area contributed by atoms with Gasteiger partial charge in [0, 0.05) is 19.3 Å². The summed E-state index contributed by atoms with van der Waals surface area (Å²) in [6.07, 6.45) is 1.79.